The van der Waals surface area contributed by atoms with E-state index in [0.29, 0.717) is 0 Å². The molecule has 0 unspecified atom stereocenters. The molecular formula is C3H6Cl2O3S. The molecule has 1 N–H and O–H groups in total. The van der Waals surface area contributed by atoms with Gasteiger partial charge in [0.2, 0.25) is 0 Å². The summed E-state index contributed by atoms with van der Waals surface area (Å²) in [6.45, 7) is 1.87. The van der Waals surface area contributed by atoms with Gasteiger partial charge in [0.1, 0.15) is 0 Å². The molecule has 0 fully saturated rings. The van der Waals surface area contributed by atoms with Crippen LogP contribution in [0.15, 0.2) is 11.6 Å². The van der Waals surface area contributed by atoms with Crippen LogP contribution in [0.5, 0.6) is 0 Å². The van der Waals surface area contributed by atoms with Gasteiger partial charge in [0.15, 0.2) is 0 Å². The van der Waals surface area contributed by atoms with E-state index in [1.165, 1.54) is 5.54 Å². The molecule has 0 atom stereocenters. The summed E-state index contributed by atoms with van der Waals surface area (Å²) in [5.41, 5.74) is 1.47. The van der Waals surface area contributed by atoms with Gasteiger partial charge < -0.3 is 0 Å². The molecule has 0 aliphatic carbocycles. The Bertz CT molecular complexity index is 148. The zero-order valence-electron chi connectivity index (χ0n) is 4.58. The highest BCUT2D eigenvalue weighted by Gasteiger charge is 1.86. The minimum absolute atomic E-state index is 1.47. The molecule has 56 valence electrons. The van der Waals surface area contributed by atoms with Gasteiger partial charge in [-0.2, -0.15) is 8.42 Å². The predicted molar refractivity (Wildman–Crippen MR) is 38.1 cm³/mol. The van der Waals surface area contributed by atoms with E-state index in [-0.39, 0.29) is 0 Å². The Morgan fingerprint density at radius 1 is 1.56 bits per heavy atom. The maximum absolute atomic E-state index is 8.95. The minimum Gasteiger partial charge on any atom is -0.273 e. The first-order valence-electron chi connectivity index (χ1n) is 1.80. The summed E-state index contributed by atoms with van der Waals surface area (Å²) >= 11 is 5.01. The molecule has 0 amide bonds. The summed E-state index contributed by atoms with van der Waals surface area (Å²) in [6.07, 6.45) is 1.77. The molecule has 3 nitrogen and oxygen atoms in total. The van der Waals surface area contributed by atoms with E-state index >= 15 is 0 Å². The molecule has 0 heterocycles. The van der Waals surface area contributed by atoms with Crippen molar-refractivity contribution in [3.63, 3.8) is 0 Å². The van der Waals surface area contributed by atoms with Crippen LogP contribution in [-0.2, 0) is 9.33 Å². The largest absolute Gasteiger partial charge is 0.353 e. The molecule has 0 saturated carbocycles. The van der Waals surface area contributed by atoms with Crippen molar-refractivity contribution in [2.24, 2.45) is 0 Å². The van der Waals surface area contributed by atoms with Gasteiger partial charge in [-0.25, -0.2) is 0 Å². The Hall–Kier alpha value is 0.230. The van der Waals surface area contributed by atoms with Crippen molar-refractivity contribution in [1.82, 2.24) is 0 Å². The lowest BCUT2D eigenvalue weighted by atomic mass is 10.8. The van der Waals surface area contributed by atoms with Gasteiger partial charge in [-0.1, -0.05) is 17.7 Å². The van der Waals surface area contributed by atoms with E-state index in [1.807, 2.05) is 6.92 Å². The summed E-state index contributed by atoms with van der Waals surface area (Å²) in [5, 5.41) is 0. The molecule has 9 heavy (non-hydrogen) atoms. The topological polar surface area (TPSA) is 54.4 Å². The molecule has 0 spiro atoms. The van der Waals surface area contributed by atoms with Gasteiger partial charge >= 0.3 is 9.33 Å². The van der Waals surface area contributed by atoms with Gasteiger partial charge in [0.25, 0.3) is 0 Å². The van der Waals surface area contributed by atoms with Crippen LogP contribution in [0.3, 0.4) is 0 Å². The highest BCUT2D eigenvalue weighted by molar-refractivity contribution is 8.09. The minimum atomic E-state index is -4.19. The van der Waals surface area contributed by atoms with Crippen LogP contribution >= 0.6 is 22.3 Å². The van der Waals surface area contributed by atoms with E-state index in [0.717, 1.165) is 0 Å². The third kappa shape index (κ3) is 211. The van der Waals surface area contributed by atoms with Crippen molar-refractivity contribution in [2.45, 2.75) is 6.92 Å². The first-order chi connectivity index (χ1) is 3.91. The van der Waals surface area contributed by atoms with Crippen LogP contribution in [0, 0.1) is 0 Å². The Morgan fingerprint density at radius 2 is 1.67 bits per heavy atom. The second kappa shape index (κ2) is 6.35. The molecule has 0 saturated heterocycles. The van der Waals surface area contributed by atoms with E-state index in [1.54, 1.807) is 6.08 Å². The standard InChI is InChI=1S/C3H5Cl.ClHO3S/c1-2-3-4;1-5(2,3)4/h2-3H,1H3;(H,2,3,4). The van der Waals surface area contributed by atoms with Gasteiger partial charge in [-0.3, -0.25) is 4.55 Å². The highest BCUT2D eigenvalue weighted by Crippen LogP contribution is 1.82. The molecule has 0 radical (unpaired) electrons. The van der Waals surface area contributed by atoms with Gasteiger partial charge in [0.05, 0.1) is 0 Å². The van der Waals surface area contributed by atoms with Crippen molar-refractivity contribution in [2.75, 3.05) is 0 Å². The Kier molecular flexibility index (Phi) is 8.44. The van der Waals surface area contributed by atoms with E-state index in [2.05, 4.69) is 10.7 Å². The second-order valence-corrected chi connectivity index (χ2v) is 3.12. The third-order valence-electron chi connectivity index (χ3n) is 0.126. The SMILES string of the molecule is CC=CCl.O=S(=O)(O)Cl. The van der Waals surface area contributed by atoms with Gasteiger partial charge in [0, 0.05) is 10.7 Å². The molecule has 6 heteroatoms. The highest BCUT2D eigenvalue weighted by atomic mass is 35.7. The monoisotopic (exact) mass is 192 g/mol. The van der Waals surface area contributed by atoms with Crippen LogP contribution in [0.2, 0.25) is 0 Å². The zero-order chi connectivity index (χ0) is 7.91. The van der Waals surface area contributed by atoms with Gasteiger partial charge in [-0.15, -0.1) is 0 Å². The molecular weight excluding hydrogens is 187 g/mol. The third-order valence-corrected chi connectivity index (χ3v) is 0.378. The average Bonchev–Trinajstić information content (AvgIpc) is 1.61. The van der Waals surface area contributed by atoms with Crippen LogP contribution < -0.4 is 0 Å². The first kappa shape index (κ1) is 12.0. The fourth-order valence-electron chi connectivity index (χ4n) is 0. The molecule has 0 aliphatic heterocycles. The lowest BCUT2D eigenvalue weighted by molar-refractivity contribution is 0.501. The van der Waals surface area contributed by atoms with Crippen LogP contribution in [0.25, 0.3) is 0 Å². The van der Waals surface area contributed by atoms with Crippen molar-refractivity contribution in [3.05, 3.63) is 11.6 Å². The Labute approximate surface area is 63.5 Å². The maximum Gasteiger partial charge on any atom is 0.353 e. The smallest absolute Gasteiger partial charge is 0.273 e. The summed E-state index contributed by atoms with van der Waals surface area (Å²) in [4.78, 5) is 0. The summed E-state index contributed by atoms with van der Waals surface area (Å²) in [6, 6.07) is 0. The normalized spacial score (nSPS) is 10.7. The van der Waals surface area contributed by atoms with Gasteiger partial charge in [-0.05, 0) is 12.5 Å². The fourth-order valence-corrected chi connectivity index (χ4v) is 0. The number of hydrogen-bond acceptors (Lipinski definition) is 2. The van der Waals surface area contributed by atoms with Crippen molar-refractivity contribution in [1.29, 1.82) is 0 Å². The summed E-state index contributed by atoms with van der Waals surface area (Å²) in [7, 11) is -0.137. The maximum atomic E-state index is 8.95. The molecule has 0 aromatic rings. The van der Waals surface area contributed by atoms with Crippen LogP contribution in [0.4, 0.5) is 0 Å². The summed E-state index contributed by atoms with van der Waals surface area (Å²) < 4.78 is 25.2. The lowest BCUT2D eigenvalue weighted by Gasteiger charge is -1.65. The van der Waals surface area contributed by atoms with Crippen LogP contribution in [0.1, 0.15) is 6.92 Å². The Morgan fingerprint density at radius 3 is 1.67 bits per heavy atom. The van der Waals surface area contributed by atoms with Crippen LogP contribution in [-0.4, -0.2) is 13.0 Å². The molecule has 0 aromatic carbocycles. The lowest BCUT2D eigenvalue weighted by Crippen LogP contribution is -1.77. The van der Waals surface area contributed by atoms with Crippen molar-refractivity contribution >= 4 is 31.6 Å². The van der Waals surface area contributed by atoms with E-state index in [4.69, 9.17) is 24.6 Å². The fraction of sp³-hybridized carbons (Fsp3) is 0.333. The van der Waals surface area contributed by atoms with Crippen molar-refractivity contribution in [3.8, 4) is 0 Å². The number of halogens is 2. The average molecular weight is 193 g/mol. The predicted octanol–water partition coefficient (Wildman–Crippen LogP) is 1.79. The second-order valence-electron chi connectivity index (χ2n) is 0.871. The van der Waals surface area contributed by atoms with E-state index < -0.39 is 9.33 Å². The molecule has 0 rings (SSSR count). The molecule has 0 aliphatic rings. The van der Waals surface area contributed by atoms with Crippen molar-refractivity contribution < 1.29 is 13.0 Å². The zero-order valence-corrected chi connectivity index (χ0v) is 6.91. The molecule has 0 aromatic heterocycles. The number of hydrogen-bond donors (Lipinski definition) is 1. The molecule has 0 bridgehead atoms. The first-order valence-corrected chi connectivity index (χ1v) is 4.50. The number of rotatable bonds is 0. The number of allylic oxidation sites excluding steroid dienone is 1. The Balaban J connectivity index is 0. The summed E-state index contributed by atoms with van der Waals surface area (Å²) in [5.74, 6) is 0. The van der Waals surface area contributed by atoms with E-state index in [9.17, 15) is 0 Å². The quantitative estimate of drug-likeness (QED) is 0.471.